The maximum Gasteiger partial charge on any atom is 0.191 e. The van der Waals surface area contributed by atoms with Crippen LogP contribution in [-0.2, 0) is 17.9 Å². The van der Waals surface area contributed by atoms with Gasteiger partial charge in [0.05, 0.1) is 13.2 Å². The third-order valence-electron chi connectivity index (χ3n) is 5.29. The van der Waals surface area contributed by atoms with Crippen LogP contribution < -0.4 is 10.6 Å². The number of hydrogen-bond donors (Lipinski definition) is 2. The molecular weight excluding hydrogens is 487 g/mol. The van der Waals surface area contributed by atoms with Gasteiger partial charge in [0, 0.05) is 39.3 Å². The molecular formula is C24H35IN4O. The Hall–Kier alpha value is -1.64. The number of nitrogens with one attached hydrogen (secondary N) is 2. The molecule has 3 rings (SSSR count). The van der Waals surface area contributed by atoms with Gasteiger partial charge in [0.2, 0.25) is 0 Å². The lowest BCUT2D eigenvalue weighted by Gasteiger charge is -2.33. The highest BCUT2D eigenvalue weighted by Crippen LogP contribution is 2.14. The predicted molar refractivity (Wildman–Crippen MR) is 135 cm³/mol. The minimum atomic E-state index is 0. The second-order valence-electron chi connectivity index (χ2n) is 7.72. The lowest BCUT2D eigenvalue weighted by atomic mass is 10.0. The Morgan fingerprint density at radius 1 is 1.07 bits per heavy atom. The molecule has 1 fully saturated rings. The monoisotopic (exact) mass is 522 g/mol. The summed E-state index contributed by atoms with van der Waals surface area (Å²) in [7, 11) is 1.83. The molecule has 0 amide bonds. The number of halogens is 1. The number of ether oxygens (including phenoxy) is 1. The molecule has 0 unspecified atom stereocenters. The number of nitrogens with zero attached hydrogens (tertiary/aromatic N) is 2. The van der Waals surface area contributed by atoms with Crippen molar-refractivity contribution in [2.24, 2.45) is 4.99 Å². The van der Waals surface area contributed by atoms with Crippen molar-refractivity contribution in [1.29, 1.82) is 0 Å². The molecule has 0 radical (unpaired) electrons. The first kappa shape index (κ1) is 24.6. The zero-order valence-electron chi connectivity index (χ0n) is 18.1. The predicted octanol–water partition coefficient (Wildman–Crippen LogP) is 3.96. The van der Waals surface area contributed by atoms with Crippen LogP contribution in [0.25, 0.3) is 0 Å². The highest BCUT2D eigenvalue weighted by atomic mass is 127. The van der Waals surface area contributed by atoms with Gasteiger partial charge in [0.1, 0.15) is 0 Å². The smallest absolute Gasteiger partial charge is 0.191 e. The molecule has 1 heterocycles. The van der Waals surface area contributed by atoms with Crippen molar-refractivity contribution < 1.29 is 4.74 Å². The quantitative estimate of drug-likeness (QED) is 0.239. The van der Waals surface area contributed by atoms with E-state index in [4.69, 9.17) is 4.74 Å². The summed E-state index contributed by atoms with van der Waals surface area (Å²) in [4.78, 5) is 6.90. The number of benzene rings is 2. The lowest BCUT2D eigenvalue weighted by molar-refractivity contribution is 0.125. The summed E-state index contributed by atoms with van der Waals surface area (Å²) in [6, 6.07) is 19.6. The Balaban J connectivity index is 0.00000320. The minimum Gasteiger partial charge on any atom is -0.375 e. The van der Waals surface area contributed by atoms with Crippen LogP contribution in [-0.4, -0.2) is 50.2 Å². The number of likely N-dealkylation sites (tertiary alicyclic amines) is 1. The topological polar surface area (TPSA) is 48.9 Å². The second-order valence-corrected chi connectivity index (χ2v) is 7.72. The number of rotatable bonds is 8. The second kappa shape index (κ2) is 13.6. The summed E-state index contributed by atoms with van der Waals surface area (Å²) >= 11 is 0. The van der Waals surface area contributed by atoms with Gasteiger partial charge >= 0.3 is 0 Å². The van der Waals surface area contributed by atoms with Crippen molar-refractivity contribution in [2.45, 2.75) is 39.0 Å². The Kier molecular flexibility index (Phi) is 11.2. The van der Waals surface area contributed by atoms with E-state index in [0.29, 0.717) is 19.3 Å². The molecule has 30 heavy (non-hydrogen) atoms. The standard InChI is InChI=1S/C24H34N4O.HI/c1-20-7-6-10-22(17-20)18-28-14-11-23(12-15-28)27-24(25-2)26-13-16-29-19-21-8-4-3-5-9-21;/h3-10,17,23H,11-16,18-19H2,1-2H3,(H2,25,26,27);1H. The molecule has 164 valence electrons. The number of hydrogen-bond acceptors (Lipinski definition) is 3. The van der Waals surface area contributed by atoms with Crippen LogP contribution >= 0.6 is 24.0 Å². The SMILES string of the molecule is CN=C(NCCOCc1ccccc1)NC1CCN(Cc2cccc(C)c2)CC1.I. The first-order valence-electron chi connectivity index (χ1n) is 10.6. The summed E-state index contributed by atoms with van der Waals surface area (Å²) in [6.45, 7) is 7.48. The molecule has 0 aliphatic carbocycles. The highest BCUT2D eigenvalue weighted by Gasteiger charge is 2.20. The van der Waals surface area contributed by atoms with Gasteiger partial charge in [-0.2, -0.15) is 0 Å². The molecule has 1 aliphatic rings. The van der Waals surface area contributed by atoms with E-state index in [2.05, 4.69) is 63.8 Å². The molecule has 2 N–H and O–H groups in total. The molecule has 2 aromatic carbocycles. The van der Waals surface area contributed by atoms with E-state index in [1.54, 1.807) is 0 Å². The molecule has 0 saturated carbocycles. The Morgan fingerprint density at radius 2 is 1.80 bits per heavy atom. The zero-order valence-corrected chi connectivity index (χ0v) is 20.5. The Labute approximate surface area is 198 Å². The van der Waals surface area contributed by atoms with Crippen LogP contribution in [0.5, 0.6) is 0 Å². The van der Waals surface area contributed by atoms with Crippen molar-refractivity contribution in [3.63, 3.8) is 0 Å². The van der Waals surface area contributed by atoms with Gasteiger partial charge < -0.3 is 15.4 Å². The van der Waals surface area contributed by atoms with E-state index in [1.165, 1.54) is 16.7 Å². The third kappa shape index (κ3) is 8.62. The largest absolute Gasteiger partial charge is 0.375 e. The van der Waals surface area contributed by atoms with Crippen molar-refractivity contribution in [2.75, 3.05) is 33.3 Å². The number of piperidine rings is 1. The van der Waals surface area contributed by atoms with Gasteiger partial charge in [-0.15, -0.1) is 24.0 Å². The molecule has 2 aromatic rings. The molecule has 0 atom stereocenters. The lowest BCUT2D eigenvalue weighted by Crippen LogP contribution is -2.49. The summed E-state index contributed by atoms with van der Waals surface area (Å²) in [5.41, 5.74) is 3.94. The molecule has 6 heteroatoms. The van der Waals surface area contributed by atoms with Crippen molar-refractivity contribution >= 4 is 29.9 Å². The van der Waals surface area contributed by atoms with Crippen molar-refractivity contribution in [3.8, 4) is 0 Å². The van der Waals surface area contributed by atoms with E-state index >= 15 is 0 Å². The number of guanidine groups is 1. The number of aliphatic imine (C=N–C) groups is 1. The molecule has 1 saturated heterocycles. The van der Waals surface area contributed by atoms with E-state index < -0.39 is 0 Å². The minimum absolute atomic E-state index is 0. The van der Waals surface area contributed by atoms with Crippen LogP contribution in [0.3, 0.4) is 0 Å². The van der Waals surface area contributed by atoms with Gasteiger partial charge in [-0.25, -0.2) is 0 Å². The molecule has 0 bridgehead atoms. The first-order valence-corrected chi connectivity index (χ1v) is 10.6. The fourth-order valence-electron chi connectivity index (χ4n) is 3.70. The zero-order chi connectivity index (χ0) is 20.3. The average molecular weight is 522 g/mol. The Morgan fingerprint density at radius 3 is 2.50 bits per heavy atom. The molecule has 5 nitrogen and oxygen atoms in total. The van der Waals surface area contributed by atoms with Crippen LogP contribution in [0.15, 0.2) is 59.6 Å². The normalized spacial score (nSPS) is 15.5. The van der Waals surface area contributed by atoms with Crippen LogP contribution in [0.1, 0.15) is 29.5 Å². The molecule has 0 spiro atoms. The fraction of sp³-hybridized carbons (Fsp3) is 0.458. The van der Waals surface area contributed by atoms with Gasteiger partial charge in [-0.1, -0.05) is 60.2 Å². The maximum absolute atomic E-state index is 5.73. The fourth-order valence-corrected chi connectivity index (χ4v) is 3.70. The molecule has 1 aliphatic heterocycles. The number of aryl methyl sites for hydroxylation is 1. The third-order valence-corrected chi connectivity index (χ3v) is 5.29. The van der Waals surface area contributed by atoms with Crippen LogP contribution in [0, 0.1) is 6.92 Å². The Bertz CT molecular complexity index is 761. The van der Waals surface area contributed by atoms with E-state index in [1.807, 2.05) is 25.2 Å². The summed E-state index contributed by atoms with van der Waals surface area (Å²) < 4.78 is 5.73. The van der Waals surface area contributed by atoms with Crippen molar-refractivity contribution in [1.82, 2.24) is 15.5 Å². The average Bonchev–Trinajstić information content (AvgIpc) is 2.75. The summed E-state index contributed by atoms with van der Waals surface area (Å²) in [5.74, 6) is 0.866. The van der Waals surface area contributed by atoms with Gasteiger partial charge in [0.15, 0.2) is 5.96 Å². The highest BCUT2D eigenvalue weighted by molar-refractivity contribution is 14.0. The van der Waals surface area contributed by atoms with Gasteiger partial charge in [-0.05, 0) is 30.9 Å². The summed E-state index contributed by atoms with van der Waals surface area (Å²) in [6.07, 6.45) is 2.27. The van der Waals surface area contributed by atoms with Gasteiger partial charge in [-0.3, -0.25) is 9.89 Å². The summed E-state index contributed by atoms with van der Waals surface area (Å²) in [5, 5.41) is 6.92. The molecule has 0 aromatic heterocycles. The van der Waals surface area contributed by atoms with Gasteiger partial charge in [0.25, 0.3) is 0 Å². The van der Waals surface area contributed by atoms with Crippen LogP contribution in [0.2, 0.25) is 0 Å². The van der Waals surface area contributed by atoms with E-state index in [9.17, 15) is 0 Å². The van der Waals surface area contributed by atoms with Crippen molar-refractivity contribution in [3.05, 3.63) is 71.3 Å². The van der Waals surface area contributed by atoms with E-state index in [-0.39, 0.29) is 24.0 Å². The van der Waals surface area contributed by atoms with E-state index in [0.717, 1.165) is 45.0 Å². The van der Waals surface area contributed by atoms with Crippen LogP contribution in [0.4, 0.5) is 0 Å². The first-order chi connectivity index (χ1) is 14.2. The maximum atomic E-state index is 5.73.